The zero-order valence-corrected chi connectivity index (χ0v) is 10.1. The minimum absolute atomic E-state index is 0.0560. The predicted octanol–water partition coefficient (Wildman–Crippen LogP) is 1.12. The third-order valence-corrected chi connectivity index (χ3v) is 2.99. The molecule has 1 aliphatic rings. The fourth-order valence-electron chi connectivity index (χ4n) is 2.11. The van der Waals surface area contributed by atoms with Crippen molar-refractivity contribution in [3.63, 3.8) is 0 Å². The van der Waals surface area contributed by atoms with Gasteiger partial charge in [-0.1, -0.05) is 12.1 Å². The van der Waals surface area contributed by atoms with Gasteiger partial charge in [0.15, 0.2) is 6.10 Å². The average Bonchev–Trinajstić information content (AvgIpc) is 2.37. The van der Waals surface area contributed by atoms with E-state index in [9.17, 15) is 9.18 Å². The Hall–Kier alpha value is -1.46. The van der Waals surface area contributed by atoms with Crippen molar-refractivity contribution in [3.05, 3.63) is 35.6 Å². The lowest BCUT2D eigenvalue weighted by Gasteiger charge is -2.27. The summed E-state index contributed by atoms with van der Waals surface area (Å²) in [5.74, 6) is -0.990. The number of nitrogens with one attached hydrogen (secondary N) is 1. The molecule has 98 valence electrons. The molecule has 3 N–H and O–H groups in total. The van der Waals surface area contributed by atoms with Crippen molar-refractivity contribution in [2.75, 3.05) is 13.1 Å². The normalized spacial score (nSPS) is 21.5. The van der Waals surface area contributed by atoms with Crippen LogP contribution in [0, 0.1) is 5.82 Å². The van der Waals surface area contributed by atoms with Crippen LogP contribution in [0.5, 0.6) is 0 Å². The lowest BCUT2D eigenvalue weighted by molar-refractivity contribution is -0.134. The van der Waals surface area contributed by atoms with Crippen LogP contribution in [0.25, 0.3) is 0 Å². The number of ether oxygens (including phenoxy) is 1. The van der Waals surface area contributed by atoms with E-state index in [4.69, 9.17) is 10.5 Å². The van der Waals surface area contributed by atoms with Gasteiger partial charge in [0.2, 0.25) is 0 Å². The zero-order chi connectivity index (χ0) is 13.0. The van der Waals surface area contributed by atoms with E-state index < -0.39 is 17.8 Å². The first-order chi connectivity index (χ1) is 8.66. The van der Waals surface area contributed by atoms with E-state index in [0.29, 0.717) is 12.1 Å². The van der Waals surface area contributed by atoms with Crippen LogP contribution in [0.1, 0.15) is 24.5 Å². The number of benzene rings is 1. The molecule has 0 radical (unpaired) electrons. The monoisotopic (exact) mass is 252 g/mol. The number of carbonyl (C=O) groups is 1. The number of carbonyl (C=O) groups excluding carboxylic acids is 1. The molecule has 1 aliphatic heterocycles. The fraction of sp³-hybridized carbons (Fsp3) is 0.462. The number of piperidine rings is 1. The van der Waals surface area contributed by atoms with Crippen LogP contribution in [-0.4, -0.2) is 25.1 Å². The summed E-state index contributed by atoms with van der Waals surface area (Å²) >= 11 is 0. The third-order valence-electron chi connectivity index (χ3n) is 2.99. The summed E-state index contributed by atoms with van der Waals surface area (Å²) < 4.78 is 18.8. The SMILES string of the molecule is NC(=O)[C@H](O[C@@H]1CCCNC1)c1cccc(F)c1. The molecule has 5 heteroatoms. The standard InChI is InChI=1S/C13H17FN2O2/c14-10-4-1-3-9(7-10)12(13(15)17)18-11-5-2-6-16-8-11/h1,3-4,7,11-12,16H,2,5-6,8H2,(H2,15,17)/t11-,12-/m1/s1. The quantitative estimate of drug-likeness (QED) is 0.844. The van der Waals surface area contributed by atoms with Gasteiger partial charge < -0.3 is 15.8 Å². The van der Waals surface area contributed by atoms with Crippen molar-refractivity contribution in [2.24, 2.45) is 5.73 Å². The summed E-state index contributed by atoms with van der Waals surface area (Å²) in [4.78, 5) is 11.4. The summed E-state index contributed by atoms with van der Waals surface area (Å²) in [5.41, 5.74) is 5.79. The van der Waals surface area contributed by atoms with Gasteiger partial charge in [-0.25, -0.2) is 4.39 Å². The van der Waals surface area contributed by atoms with E-state index in [1.54, 1.807) is 12.1 Å². The largest absolute Gasteiger partial charge is 0.367 e. The minimum atomic E-state index is -0.884. The maximum Gasteiger partial charge on any atom is 0.251 e. The van der Waals surface area contributed by atoms with Crippen LogP contribution in [0.2, 0.25) is 0 Å². The van der Waals surface area contributed by atoms with Crippen LogP contribution >= 0.6 is 0 Å². The number of halogens is 1. The summed E-state index contributed by atoms with van der Waals surface area (Å²) in [5, 5.41) is 3.19. The van der Waals surface area contributed by atoms with Crippen molar-refractivity contribution >= 4 is 5.91 Å². The fourth-order valence-corrected chi connectivity index (χ4v) is 2.11. The van der Waals surface area contributed by atoms with Gasteiger partial charge in [0.05, 0.1) is 6.10 Å². The molecular weight excluding hydrogens is 235 g/mol. The van der Waals surface area contributed by atoms with Crippen LogP contribution in [0.3, 0.4) is 0 Å². The molecule has 1 amide bonds. The van der Waals surface area contributed by atoms with Crippen molar-refractivity contribution in [1.29, 1.82) is 0 Å². The van der Waals surface area contributed by atoms with Gasteiger partial charge >= 0.3 is 0 Å². The highest BCUT2D eigenvalue weighted by Gasteiger charge is 2.24. The second kappa shape index (κ2) is 5.93. The molecule has 18 heavy (non-hydrogen) atoms. The van der Waals surface area contributed by atoms with Crippen LogP contribution in [0.4, 0.5) is 4.39 Å². The summed E-state index contributed by atoms with van der Waals surface area (Å²) in [6.07, 6.45) is 0.941. The Bertz CT molecular complexity index is 419. The van der Waals surface area contributed by atoms with Gasteiger partial charge in [-0.3, -0.25) is 4.79 Å². The Morgan fingerprint density at radius 3 is 3.00 bits per heavy atom. The molecule has 1 aromatic rings. The molecule has 1 heterocycles. The number of rotatable bonds is 4. The smallest absolute Gasteiger partial charge is 0.251 e. The van der Waals surface area contributed by atoms with Crippen molar-refractivity contribution in [2.45, 2.75) is 25.0 Å². The van der Waals surface area contributed by atoms with E-state index in [-0.39, 0.29) is 6.10 Å². The van der Waals surface area contributed by atoms with E-state index in [0.717, 1.165) is 19.4 Å². The minimum Gasteiger partial charge on any atom is -0.367 e. The first kappa shape index (κ1) is 13.0. The van der Waals surface area contributed by atoms with Crippen LogP contribution in [0.15, 0.2) is 24.3 Å². The molecule has 1 fully saturated rings. The highest BCUT2D eigenvalue weighted by atomic mass is 19.1. The predicted molar refractivity (Wildman–Crippen MR) is 65.3 cm³/mol. The first-order valence-electron chi connectivity index (χ1n) is 6.08. The average molecular weight is 252 g/mol. The van der Waals surface area contributed by atoms with Gasteiger partial charge in [-0.15, -0.1) is 0 Å². The van der Waals surface area contributed by atoms with E-state index in [2.05, 4.69) is 5.32 Å². The highest BCUT2D eigenvalue weighted by molar-refractivity contribution is 5.80. The van der Waals surface area contributed by atoms with Crippen LogP contribution < -0.4 is 11.1 Å². The molecule has 0 aromatic heterocycles. The van der Waals surface area contributed by atoms with Crippen molar-refractivity contribution < 1.29 is 13.9 Å². The molecule has 0 bridgehead atoms. The zero-order valence-electron chi connectivity index (χ0n) is 10.1. The second-order valence-electron chi connectivity index (χ2n) is 4.44. The van der Waals surface area contributed by atoms with Crippen LogP contribution in [-0.2, 0) is 9.53 Å². The molecule has 0 unspecified atom stereocenters. The summed E-state index contributed by atoms with van der Waals surface area (Å²) in [6.45, 7) is 1.65. The van der Waals surface area contributed by atoms with E-state index in [1.807, 2.05) is 0 Å². The van der Waals surface area contributed by atoms with Crippen molar-refractivity contribution in [3.8, 4) is 0 Å². The molecular formula is C13H17FN2O2. The summed E-state index contributed by atoms with van der Waals surface area (Å²) in [6, 6.07) is 5.80. The molecule has 0 aliphatic carbocycles. The van der Waals surface area contributed by atoms with Gasteiger partial charge in [0.1, 0.15) is 5.82 Å². The molecule has 1 aromatic carbocycles. The topological polar surface area (TPSA) is 64.4 Å². The second-order valence-corrected chi connectivity index (χ2v) is 4.44. The molecule has 0 spiro atoms. The van der Waals surface area contributed by atoms with Gasteiger partial charge in [0, 0.05) is 6.54 Å². The highest BCUT2D eigenvalue weighted by Crippen LogP contribution is 2.22. The van der Waals surface area contributed by atoms with Gasteiger partial charge in [-0.2, -0.15) is 0 Å². The number of nitrogens with two attached hydrogens (primary N) is 1. The molecule has 0 saturated carbocycles. The summed E-state index contributed by atoms with van der Waals surface area (Å²) in [7, 11) is 0. The van der Waals surface area contributed by atoms with E-state index >= 15 is 0 Å². The lowest BCUT2D eigenvalue weighted by Crippen LogP contribution is -2.38. The maximum atomic E-state index is 13.1. The Morgan fingerprint density at radius 1 is 1.56 bits per heavy atom. The molecule has 4 nitrogen and oxygen atoms in total. The third kappa shape index (κ3) is 3.27. The van der Waals surface area contributed by atoms with E-state index in [1.165, 1.54) is 12.1 Å². The van der Waals surface area contributed by atoms with Gasteiger partial charge in [-0.05, 0) is 37.1 Å². The number of hydrogen-bond donors (Lipinski definition) is 2. The Balaban J connectivity index is 2.10. The Morgan fingerprint density at radius 2 is 2.39 bits per heavy atom. The number of primary amides is 1. The first-order valence-corrected chi connectivity index (χ1v) is 6.08. The molecule has 2 rings (SSSR count). The lowest BCUT2D eigenvalue weighted by atomic mass is 10.1. The van der Waals surface area contributed by atoms with Gasteiger partial charge in [0.25, 0.3) is 5.91 Å². The molecule has 2 atom stereocenters. The maximum absolute atomic E-state index is 13.1. The number of hydrogen-bond acceptors (Lipinski definition) is 3. The molecule has 1 saturated heterocycles. The Labute approximate surface area is 105 Å². The van der Waals surface area contributed by atoms with Crippen molar-refractivity contribution in [1.82, 2.24) is 5.32 Å². The Kier molecular flexibility index (Phi) is 4.28. The number of amides is 1.